The lowest BCUT2D eigenvalue weighted by atomic mass is 10.0. The van der Waals surface area contributed by atoms with Crippen molar-refractivity contribution in [2.75, 3.05) is 13.7 Å². The molecule has 0 aromatic rings. The van der Waals surface area contributed by atoms with Crippen molar-refractivity contribution >= 4 is 0 Å². The van der Waals surface area contributed by atoms with Crippen LogP contribution in [0.2, 0.25) is 0 Å². The molecule has 2 heteroatoms. The molecule has 0 spiro atoms. The highest BCUT2D eigenvalue weighted by molar-refractivity contribution is 4.69. The molecule has 0 aliphatic carbocycles. The van der Waals surface area contributed by atoms with Gasteiger partial charge in [-0.1, -0.05) is 39.5 Å². The fourth-order valence-corrected chi connectivity index (χ4v) is 1.91. The van der Waals surface area contributed by atoms with Gasteiger partial charge in [0.25, 0.3) is 0 Å². The molecule has 0 rings (SSSR count). The average Bonchev–Trinajstić information content (AvgIpc) is 2.24. The summed E-state index contributed by atoms with van der Waals surface area (Å²) in [5.74, 6) is 0. The van der Waals surface area contributed by atoms with Crippen molar-refractivity contribution in [3.8, 4) is 0 Å². The van der Waals surface area contributed by atoms with E-state index in [2.05, 4.69) is 26.1 Å². The summed E-state index contributed by atoms with van der Waals surface area (Å²) in [7, 11) is 1.80. The molecule has 0 aromatic heterocycles. The molecular weight excluding hydrogens is 186 g/mol. The van der Waals surface area contributed by atoms with E-state index in [1.54, 1.807) is 7.11 Å². The zero-order valence-electron chi connectivity index (χ0n) is 11.0. The molecule has 0 fully saturated rings. The summed E-state index contributed by atoms with van der Waals surface area (Å²) < 4.78 is 5.31. The first-order chi connectivity index (χ1) is 7.24. The first kappa shape index (κ1) is 14.9. The summed E-state index contributed by atoms with van der Waals surface area (Å²) in [6, 6.07) is 0.641. The third-order valence-corrected chi connectivity index (χ3v) is 2.92. The minimum Gasteiger partial charge on any atom is -0.382 e. The highest BCUT2D eigenvalue weighted by Gasteiger charge is 2.11. The Labute approximate surface area is 95.8 Å². The highest BCUT2D eigenvalue weighted by Crippen LogP contribution is 2.10. The molecule has 1 N–H and O–H groups in total. The second-order valence-corrected chi connectivity index (χ2v) is 4.39. The van der Waals surface area contributed by atoms with Gasteiger partial charge in [-0.25, -0.2) is 0 Å². The van der Waals surface area contributed by atoms with Gasteiger partial charge in [0.2, 0.25) is 0 Å². The van der Waals surface area contributed by atoms with Crippen LogP contribution in [-0.2, 0) is 4.74 Å². The van der Waals surface area contributed by atoms with Crippen LogP contribution >= 0.6 is 0 Å². The lowest BCUT2D eigenvalue weighted by Crippen LogP contribution is -2.32. The molecule has 0 bridgehead atoms. The molecule has 0 radical (unpaired) electrons. The predicted octanol–water partition coefficient (Wildman–Crippen LogP) is 3.36. The number of hydrogen-bond donors (Lipinski definition) is 1. The summed E-state index contributed by atoms with van der Waals surface area (Å²) in [6.07, 6.45) is 8.22. The summed E-state index contributed by atoms with van der Waals surface area (Å²) >= 11 is 0. The molecule has 2 nitrogen and oxygen atoms in total. The van der Waals surface area contributed by atoms with Crippen molar-refractivity contribution in [3.05, 3.63) is 0 Å². The molecule has 0 amide bonds. The number of hydrogen-bond acceptors (Lipinski definition) is 2. The number of nitrogens with one attached hydrogen (secondary N) is 1. The van der Waals surface area contributed by atoms with Crippen LogP contribution < -0.4 is 5.32 Å². The van der Waals surface area contributed by atoms with Crippen molar-refractivity contribution in [1.29, 1.82) is 0 Å². The maximum atomic E-state index is 5.31. The number of methoxy groups -OCH3 is 1. The Kier molecular flexibility index (Phi) is 10.4. The van der Waals surface area contributed by atoms with E-state index in [0.717, 1.165) is 13.0 Å². The molecule has 0 saturated heterocycles. The Morgan fingerprint density at radius 3 is 2.40 bits per heavy atom. The van der Waals surface area contributed by atoms with Crippen LogP contribution in [-0.4, -0.2) is 25.8 Å². The minimum absolute atomic E-state index is 0.375. The van der Waals surface area contributed by atoms with Crippen LogP contribution in [0.1, 0.15) is 59.3 Å². The predicted molar refractivity (Wildman–Crippen MR) is 67.3 cm³/mol. The van der Waals surface area contributed by atoms with Gasteiger partial charge in [0, 0.05) is 13.2 Å². The molecular formula is C13H29NO. The minimum atomic E-state index is 0.375. The third-order valence-electron chi connectivity index (χ3n) is 2.92. The summed E-state index contributed by atoms with van der Waals surface area (Å²) in [5, 5.41) is 3.54. The molecule has 0 aromatic carbocycles. The molecule has 15 heavy (non-hydrogen) atoms. The van der Waals surface area contributed by atoms with Crippen molar-refractivity contribution < 1.29 is 4.74 Å². The van der Waals surface area contributed by atoms with Gasteiger partial charge in [-0.3, -0.25) is 0 Å². The Hall–Kier alpha value is -0.0800. The molecule has 0 saturated carbocycles. The lowest BCUT2D eigenvalue weighted by molar-refractivity contribution is 0.0991. The molecule has 0 heterocycles. The maximum absolute atomic E-state index is 5.31. The van der Waals surface area contributed by atoms with Crippen molar-refractivity contribution in [3.63, 3.8) is 0 Å². The topological polar surface area (TPSA) is 21.3 Å². The van der Waals surface area contributed by atoms with E-state index in [1.165, 1.54) is 32.1 Å². The van der Waals surface area contributed by atoms with Crippen LogP contribution in [0.3, 0.4) is 0 Å². The van der Waals surface area contributed by atoms with Gasteiger partial charge in [0.1, 0.15) is 0 Å². The molecule has 2 atom stereocenters. The Bertz CT molecular complexity index is 128. The third kappa shape index (κ3) is 8.88. The SMILES string of the molecule is CCCCCCC(CC(C)OC)NCC. The molecule has 0 aliphatic rings. The van der Waals surface area contributed by atoms with E-state index in [0.29, 0.717) is 12.1 Å². The smallest absolute Gasteiger partial charge is 0.0558 e. The van der Waals surface area contributed by atoms with Crippen molar-refractivity contribution in [1.82, 2.24) is 5.32 Å². The largest absolute Gasteiger partial charge is 0.382 e. The average molecular weight is 215 g/mol. The molecule has 0 aliphatic heterocycles. The zero-order valence-corrected chi connectivity index (χ0v) is 11.0. The van der Waals surface area contributed by atoms with E-state index in [9.17, 15) is 0 Å². The van der Waals surface area contributed by atoms with Crippen LogP contribution in [0.15, 0.2) is 0 Å². The second-order valence-electron chi connectivity index (χ2n) is 4.39. The number of unbranched alkanes of at least 4 members (excludes halogenated alkanes) is 3. The highest BCUT2D eigenvalue weighted by atomic mass is 16.5. The van der Waals surface area contributed by atoms with Gasteiger partial charge in [0.15, 0.2) is 0 Å². The summed E-state index contributed by atoms with van der Waals surface area (Å²) in [6.45, 7) is 7.65. The van der Waals surface area contributed by atoms with Gasteiger partial charge < -0.3 is 10.1 Å². The first-order valence-corrected chi connectivity index (χ1v) is 6.50. The normalized spacial score (nSPS) is 15.2. The van der Waals surface area contributed by atoms with Crippen LogP contribution in [0.5, 0.6) is 0 Å². The van der Waals surface area contributed by atoms with Gasteiger partial charge in [-0.2, -0.15) is 0 Å². The molecule has 92 valence electrons. The van der Waals surface area contributed by atoms with Crippen LogP contribution in [0.25, 0.3) is 0 Å². The fraction of sp³-hybridized carbons (Fsp3) is 1.00. The second kappa shape index (κ2) is 10.4. The standard InChI is InChI=1S/C13H29NO/c1-5-7-8-9-10-13(14-6-2)11-12(3)15-4/h12-14H,5-11H2,1-4H3. The number of rotatable bonds is 10. The van der Waals surface area contributed by atoms with E-state index in [1.807, 2.05) is 0 Å². The lowest BCUT2D eigenvalue weighted by Gasteiger charge is -2.21. The Morgan fingerprint density at radius 2 is 1.87 bits per heavy atom. The maximum Gasteiger partial charge on any atom is 0.0558 e. The monoisotopic (exact) mass is 215 g/mol. The van der Waals surface area contributed by atoms with E-state index < -0.39 is 0 Å². The zero-order chi connectivity index (χ0) is 11.5. The molecule has 2 unspecified atom stereocenters. The number of ether oxygens (including phenoxy) is 1. The summed E-state index contributed by atoms with van der Waals surface area (Å²) in [4.78, 5) is 0. The quantitative estimate of drug-likeness (QED) is 0.564. The van der Waals surface area contributed by atoms with Crippen LogP contribution in [0.4, 0.5) is 0 Å². The Balaban J connectivity index is 3.62. The van der Waals surface area contributed by atoms with Gasteiger partial charge >= 0.3 is 0 Å². The fourth-order valence-electron chi connectivity index (χ4n) is 1.91. The Morgan fingerprint density at radius 1 is 1.13 bits per heavy atom. The van der Waals surface area contributed by atoms with Crippen molar-refractivity contribution in [2.24, 2.45) is 0 Å². The van der Waals surface area contributed by atoms with Gasteiger partial charge in [-0.05, 0) is 26.3 Å². The summed E-state index contributed by atoms with van der Waals surface area (Å²) in [5.41, 5.74) is 0. The van der Waals surface area contributed by atoms with E-state index in [4.69, 9.17) is 4.74 Å². The van der Waals surface area contributed by atoms with Gasteiger partial charge in [-0.15, -0.1) is 0 Å². The van der Waals surface area contributed by atoms with Gasteiger partial charge in [0.05, 0.1) is 6.10 Å². The van der Waals surface area contributed by atoms with Crippen molar-refractivity contribution in [2.45, 2.75) is 71.4 Å². The van der Waals surface area contributed by atoms with E-state index >= 15 is 0 Å². The van der Waals surface area contributed by atoms with Crippen LogP contribution in [0, 0.1) is 0 Å². The first-order valence-electron chi connectivity index (χ1n) is 6.50. The van der Waals surface area contributed by atoms with E-state index in [-0.39, 0.29) is 0 Å².